The summed E-state index contributed by atoms with van der Waals surface area (Å²) in [6.45, 7) is 0.948. The number of hydrogen-bond acceptors (Lipinski definition) is 4. The van der Waals surface area contributed by atoms with E-state index in [0.29, 0.717) is 25.2 Å². The van der Waals surface area contributed by atoms with E-state index in [1.54, 1.807) is 11.0 Å². The van der Waals surface area contributed by atoms with Gasteiger partial charge in [0.15, 0.2) is 0 Å². The summed E-state index contributed by atoms with van der Waals surface area (Å²) in [6.07, 6.45) is -3.70. The number of alkyl halides is 3. The Morgan fingerprint density at radius 2 is 2.00 bits per heavy atom. The van der Waals surface area contributed by atoms with Gasteiger partial charge in [0.2, 0.25) is 5.88 Å². The first-order valence-corrected chi connectivity index (χ1v) is 7.03. The van der Waals surface area contributed by atoms with Crippen LogP contribution in [0.2, 0.25) is 0 Å². The average molecular weight is 325 g/mol. The number of halogens is 3. The monoisotopic (exact) mass is 325 g/mol. The van der Waals surface area contributed by atoms with E-state index in [-0.39, 0.29) is 23.3 Å². The number of nitrogens with two attached hydrogens (primary N) is 1. The van der Waals surface area contributed by atoms with Gasteiger partial charge >= 0.3 is 6.18 Å². The zero-order valence-corrected chi connectivity index (χ0v) is 12.0. The van der Waals surface area contributed by atoms with Gasteiger partial charge in [-0.05, 0) is 30.7 Å². The van der Waals surface area contributed by atoms with Gasteiger partial charge in [-0.25, -0.2) is 0 Å². The van der Waals surface area contributed by atoms with Gasteiger partial charge in [0.1, 0.15) is 0 Å². The number of nitrogens with zero attached hydrogens (tertiary/aromatic N) is 2. The summed E-state index contributed by atoms with van der Waals surface area (Å²) in [7, 11) is 0. The highest BCUT2D eigenvalue weighted by Gasteiger charge is 2.32. The van der Waals surface area contributed by atoms with Crippen molar-refractivity contribution in [2.75, 3.05) is 18.8 Å². The lowest BCUT2D eigenvalue weighted by Gasteiger charge is -2.16. The largest absolute Gasteiger partial charge is 0.416 e. The molecule has 2 heterocycles. The topological polar surface area (TPSA) is 72.4 Å². The summed E-state index contributed by atoms with van der Waals surface area (Å²) in [5.74, 6) is -0.0559. The van der Waals surface area contributed by atoms with Crippen molar-refractivity contribution in [1.82, 2.24) is 10.1 Å². The first-order chi connectivity index (χ1) is 10.8. The third-order valence-corrected chi connectivity index (χ3v) is 3.90. The summed E-state index contributed by atoms with van der Waals surface area (Å²) >= 11 is 0. The molecule has 1 amide bonds. The van der Waals surface area contributed by atoms with E-state index in [2.05, 4.69) is 5.16 Å². The standard InChI is InChI=1S/C15H14F3N3O2/c16-15(17,18)11-3-1-9(2-4-11)14(22)21-6-5-10(8-21)12-7-13(19)23-20-12/h1-4,7,10H,5-6,8,19H2. The molecule has 2 aromatic rings. The van der Waals surface area contributed by atoms with Gasteiger partial charge in [-0.1, -0.05) is 5.16 Å². The Labute approximate surface area is 129 Å². The second-order valence-electron chi connectivity index (χ2n) is 5.47. The fraction of sp³-hybridized carbons (Fsp3) is 0.333. The third-order valence-electron chi connectivity index (χ3n) is 3.90. The molecule has 1 aliphatic heterocycles. The molecule has 1 aromatic carbocycles. The van der Waals surface area contributed by atoms with Gasteiger partial charge in [0.05, 0.1) is 11.3 Å². The SMILES string of the molecule is Nc1cc(C2CCN(C(=O)c3ccc(C(F)(F)F)cc3)C2)no1. The molecule has 1 saturated heterocycles. The van der Waals surface area contributed by atoms with Gasteiger partial charge in [-0.2, -0.15) is 13.2 Å². The van der Waals surface area contributed by atoms with Crippen molar-refractivity contribution in [2.24, 2.45) is 0 Å². The van der Waals surface area contributed by atoms with Crippen LogP contribution in [0.5, 0.6) is 0 Å². The van der Waals surface area contributed by atoms with Crippen LogP contribution < -0.4 is 5.73 Å². The van der Waals surface area contributed by atoms with Crippen LogP contribution in [0.4, 0.5) is 19.1 Å². The fourth-order valence-electron chi connectivity index (χ4n) is 2.67. The molecule has 23 heavy (non-hydrogen) atoms. The van der Waals surface area contributed by atoms with Gasteiger partial charge in [0, 0.05) is 30.6 Å². The second-order valence-corrected chi connectivity index (χ2v) is 5.47. The molecule has 1 aromatic heterocycles. The summed E-state index contributed by atoms with van der Waals surface area (Å²) in [4.78, 5) is 14.0. The summed E-state index contributed by atoms with van der Waals surface area (Å²) < 4.78 is 42.4. The first kappa shape index (κ1) is 15.4. The third kappa shape index (κ3) is 3.15. The Balaban J connectivity index is 1.69. The Hall–Kier alpha value is -2.51. The van der Waals surface area contributed by atoms with Crippen LogP contribution >= 0.6 is 0 Å². The number of carbonyl (C=O) groups excluding carboxylic acids is 1. The second kappa shape index (κ2) is 5.60. The highest BCUT2D eigenvalue weighted by molar-refractivity contribution is 5.94. The maximum atomic E-state index is 12.5. The predicted octanol–water partition coefficient (Wildman–Crippen LogP) is 2.91. The van der Waals surface area contributed by atoms with E-state index in [0.717, 1.165) is 12.1 Å². The molecule has 2 N–H and O–H groups in total. The number of aromatic nitrogens is 1. The highest BCUT2D eigenvalue weighted by Crippen LogP contribution is 2.31. The molecule has 1 fully saturated rings. The molecule has 5 nitrogen and oxygen atoms in total. The minimum Gasteiger partial charge on any atom is -0.368 e. The molecule has 0 radical (unpaired) electrons. The normalized spacial score (nSPS) is 18.4. The number of rotatable bonds is 2. The number of benzene rings is 1. The first-order valence-electron chi connectivity index (χ1n) is 7.03. The van der Waals surface area contributed by atoms with Crippen molar-refractivity contribution in [1.29, 1.82) is 0 Å². The molecule has 8 heteroatoms. The molecule has 0 bridgehead atoms. The average Bonchev–Trinajstić information content (AvgIpc) is 3.14. The van der Waals surface area contributed by atoms with Crippen LogP contribution in [0, 0.1) is 0 Å². The smallest absolute Gasteiger partial charge is 0.368 e. The molecule has 0 aliphatic carbocycles. The lowest BCUT2D eigenvalue weighted by molar-refractivity contribution is -0.137. The quantitative estimate of drug-likeness (QED) is 0.921. The molecule has 1 atom stereocenters. The van der Waals surface area contributed by atoms with Crippen molar-refractivity contribution < 1.29 is 22.5 Å². The molecule has 1 unspecified atom stereocenters. The lowest BCUT2D eigenvalue weighted by atomic mass is 10.1. The summed E-state index contributed by atoms with van der Waals surface area (Å²) in [5, 5.41) is 3.84. The Morgan fingerprint density at radius 3 is 2.57 bits per heavy atom. The van der Waals surface area contributed by atoms with Crippen molar-refractivity contribution in [3.63, 3.8) is 0 Å². The van der Waals surface area contributed by atoms with E-state index in [4.69, 9.17) is 10.3 Å². The molecular formula is C15H14F3N3O2. The van der Waals surface area contributed by atoms with Crippen LogP contribution in [-0.4, -0.2) is 29.1 Å². The maximum absolute atomic E-state index is 12.5. The van der Waals surface area contributed by atoms with Crippen LogP contribution in [0.3, 0.4) is 0 Å². The summed E-state index contributed by atoms with van der Waals surface area (Å²) in [6, 6.07) is 5.86. The van der Waals surface area contributed by atoms with Gasteiger partial charge in [-0.15, -0.1) is 0 Å². The van der Waals surface area contributed by atoms with E-state index in [1.165, 1.54) is 12.1 Å². The van der Waals surface area contributed by atoms with Crippen molar-refractivity contribution in [3.05, 3.63) is 47.2 Å². The number of hydrogen-bond donors (Lipinski definition) is 1. The zero-order valence-electron chi connectivity index (χ0n) is 12.0. The van der Waals surface area contributed by atoms with Crippen molar-refractivity contribution >= 4 is 11.8 Å². The molecule has 3 rings (SSSR count). The van der Waals surface area contributed by atoms with Gasteiger partial charge < -0.3 is 15.2 Å². The molecule has 1 aliphatic rings. The van der Waals surface area contributed by atoms with E-state index >= 15 is 0 Å². The van der Waals surface area contributed by atoms with Gasteiger partial charge in [0.25, 0.3) is 5.91 Å². The molecule has 122 valence electrons. The Morgan fingerprint density at radius 1 is 1.30 bits per heavy atom. The molecular weight excluding hydrogens is 311 g/mol. The number of anilines is 1. The van der Waals surface area contributed by atoms with E-state index in [1.807, 2.05) is 0 Å². The van der Waals surface area contributed by atoms with Crippen LogP contribution in [0.25, 0.3) is 0 Å². The number of amides is 1. The number of nitrogen functional groups attached to an aromatic ring is 1. The molecule has 0 spiro atoms. The highest BCUT2D eigenvalue weighted by atomic mass is 19.4. The summed E-state index contributed by atoms with van der Waals surface area (Å²) in [5.41, 5.74) is 5.63. The van der Waals surface area contributed by atoms with Crippen molar-refractivity contribution in [3.8, 4) is 0 Å². The zero-order chi connectivity index (χ0) is 16.6. The molecule has 0 saturated carbocycles. The van der Waals surface area contributed by atoms with Crippen LogP contribution in [0.1, 0.15) is 34.0 Å². The van der Waals surface area contributed by atoms with Crippen LogP contribution in [-0.2, 0) is 6.18 Å². The number of carbonyl (C=O) groups is 1. The maximum Gasteiger partial charge on any atom is 0.416 e. The van der Waals surface area contributed by atoms with E-state index < -0.39 is 11.7 Å². The van der Waals surface area contributed by atoms with Gasteiger partial charge in [-0.3, -0.25) is 4.79 Å². The van der Waals surface area contributed by atoms with Crippen molar-refractivity contribution in [2.45, 2.75) is 18.5 Å². The van der Waals surface area contributed by atoms with Crippen LogP contribution in [0.15, 0.2) is 34.9 Å². The predicted molar refractivity (Wildman–Crippen MR) is 75.6 cm³/mol. The lowest BCUT2D eigenvalue weighted by Crippen LogP contribution is -2.28. The minimum atomic E-state index is -4.41. The fourth-order valence-corrected chi connectivity index (χ4v) is 2.67. The van der Waals surface area contributed by atoms with E-state index in [9.17, 15) is 18.0 Å². The minimum absolute atomic E-state index is 0.0226. The Bertz CT molecular complexity index is 710. The Kier molecular flexibility index (Phi) is 3.75. The number of likely N-dealkylation sites (tertiary alicyclic amines) is 1.